The van der Waals surface area contributed by atoms with Crippen molar-refractivity contribution in [1.82, 2.24) is 10.3 Å². The van der Waals surface area contributed by atoms with Crippen molar-refractivity contribution in [3.63, 3.8) is 0 Å². The predicted octanol–water partition coefficient (Wildman–Crippen LogP) is 3.82. The highest BCUT2D eigenvalue weighted by molar-refractivity contribution is 7.15. The van der Waals surface area contributed by atoms with Crippen LogP contribution in [0.25, 0.3) is 0 Å². The molecule has 114 valence electrons. The first-order valence-electron chi connectivity index (χ1n) is 7.72. The van der Waals surface area contributed by atoms with Gasteiger partial charge in [0.15, 0.2) is 5.13 Å². The van der Waals surface area contributed by atoms with E-state index in [1.54, 1.807) is 0 Å². The molecule has 20 heavy (non-hydrogen) atoms. The summed E-state index contributed by atoms with van der Waals surface area (Å²) in [5, 5.41) is 4.78. The normalized spacial score (nSPS) is 24.2. The molecule has 2 rings (SSSR count). The summed E-state index contributed by atoms with van der Waals surface area (Å²) in [5.41, 5.74) is 1.35. The number of hydrogen-bond acceptors (Lipinski definition) is 4. The third-order valence-electron chi connectivity index (χ3n) is 4.27. The Hall–Kier alpha value is -0.610. The van der Waals surface area contributed by atoms with Crippen molar-refractivity contribution in [2.24, 2.45) is 11.8 Å². The van der Waals surface area contributed by atoms with Crippen LogP contribution < -0.4 is 10.2 Å². The zero-order valence-corrected chi connectivity index (χ0v) is 14.6. The molecular formula is C16H29N3S. The van der Waals surface area contributed by atoms with E-state index in [0.717, 1.165) is 31.5 Å². The lowest BCUT2D eigenvalue weighted by Crippen LogP contribution is -2.38. The highest BCUT2D eigenvalue weighted by atomic mass is 32.1. The predicted molar refractivity (Wildman–Crippen MR) is 88.6 cm³/mol. The minimum absolute atomic E-state index is 0.158. The van der Waals surface area contributed by atoms with Crippen LogP contribution in [-0.2, 0) is 6.54 Å². The van der Waals surface area contributed by atoms with E-state index in [1.165, 1.54) is 22.1 Å². The molecule has 1 aliphatic heterocycles. The average molecular weight is 295 g/mol. The van der Waals surface area contributed by atoms with Gasteiger partial charge in [-0.2, -0.15) is 0 Å². The Morgan fingerprint density at radius 3 is 2.60 bits per heavy atom. The summed E-state index contributed by atoms with van der Waals surface area (Å²) in [6.45, 7) is 16.7. The second-order valence-corrected chi connectivity index (χ2v) is 8.36. The Bertz CT molecular complexity index is 447. The fourth-order valence-electron chi connectivity index (χ4n) is 2.49. The summed E-state index contributed by atoms with van der Waals surface area (Å²) < 4.78 is 0. The summed E-state index contributed by atoms with van der Waals surface area (Å²) in [6, 6.07) is 0. The van der Waals surface area contributed by atoms with Crippen molar-refractivity contribution in [2.75, 3.05) is 18.0 Å². The van der Waals surface area contributed by atoms with Crippen LogP contribution >= 0.6 is 11.3 Å². The maximum atomic E-state index is 4.80. The second kappa shape index (κ2) is 6.02. The quantitative estimate of drug-likeness (QED) is 0.919. The smallest absolute Gasteiger partial charge is 0.185 e. The van der Waals surface area contributed by atoms with Gasteiger partial charge in [-0.25, -0.2) is 4.98 Å². The highest BCUT2D eigenvalue weighted by Crippen LogP contribution is 2.31. The molecule has 4 heteroatoms. The molecule has 2 unspecified atom stereocenters. The van der Waals surface area contributed by atoms with Crippen LogP contribution in [0.4, 0.5) is 5.13 Å². The third-order valence-corrected chi connectivity index (χ3v) is 5.48. The van der Waals surface area contributed by atoms with Crippen LogP contribution in [0.3, 0.4) is 0 Å². The van der Waals surface area contributed by atoms with Crippen LogP contribution in [0.2, 0.25) is 0 Å². The van der Waals surface area contributed by atoms with E-state index in [2.05, 4.69) is 51.8 Å². The van der Waals surface area contributed by atoms with E-state index in [0.29, 0.717) is 0 Å². The number of hydrogen-bond donors (Lipinski definition) is 1. The van der Waals surface area contributed by atoms with Gasteiger partial charge in [0.25, 0.3) is 0 Å². The van der Waals surface area contributed by atoms with Crippen molar-refractivity contribution in [3.05, 3.63) is 10.6 Å². The van der Waals surface area contributed by atoms with Crippen LogP contribution in [0.5, 0.6) is 0 Å². The summed E-state index contributed by atoms with van der Waals surface area (Å²) >= 11 is 1.86. The third kappa shape index (κ3) is 3.95. The molecule has 2 atom stereocenters. The molecule has 2 heterocycles. The summed E-state index contributed by atoms with van der Waals surface area (Å²) in [4.78, 5) is 8.65. The minimum Gasteiger partial charge on any atom is -0.348 e. The first-order valence-corrected chi connectivity index (χ1v) is 8.54. The first kappa shape index (κ1) is 15.8. The fraction of sp³-hybridized carbons (Fsp3) is 0.812. The van der Waals surface area contributed by atoms with Crippen LogP contribution in [-0.4, -0.2) is 23.6 Å². The molecule has 0 radical (unpaired) electrons. The van der Waals surface area contributed by atoms with E-state index in [9.17, 15) is 0 Å². The number of thiazole rings is 1. The van der Waals surface area contributed by atoms with Crippen LogP contribution in [0.15, 0.2) is 0 Å². The monoisotopic (exact) mass is 295 g/mol. The van der Waals surface area contributed by atoms with Gasteiger partial charge in [0.05, 0.1) is 5.69 Å². The summed E-state index contributed by atoms with van der Waals surface area (Å²) in [6.07, 6.45) is 1.29. The molecule has 0 aromatic carbocycles. The van der Waals surface area contributed by atoms with Gasteiger partial charge in [0, 0.05) is 30.1 Å². The van der Waals surface area contributed by atoms with Gasteiger partial charge in [-0.15, -0.1) is 11.3 Å². The Kier molecular flexibility index (Phi) is 4.75. The lowest BCUT2D eigenvalue weighted by atomic mass is 9.89. The van der Waals surface area contributed by atoms with Crippen LogP contribution in [0, 0.1) is 18.8 Å². The first-order chi connectivity index (χ1) is 9.26. The summed E-state index contributed by atoms with van der Waals surface area (Å²) in [5.74, 6) is 1.61. The Morgan fingerprint density at radius 2 is 2.00 bits per heavy atom. The Labute approximate surface area is 127 Å². The van der Waals surface area contributed by atoms with Crippen molar-refractivity contribution in [2.45, 2.75) is 60.0 Å². The molecule has 0 aliphatic carbocycles. The lowest BCUT2D eigenvalue weighted by molar-refractivity contribution is 0.324. The maximum Gasteiger partial charge on any atom is 0.185 e. The molecule has 1 fully saturated rings. The largest absolute Gasteiger partial charge is 0.348 e. The van der Waals surface area contributed by atoms with E-state index in [1.807, 2.05) is 11.3 Å². The molecule has 1 saturated heterocycles. The fourth-order valence-corrected chi connectivity index (χ4v) is 3.53. The number of anilines is 1. The Balaban J connectivity index is 2.03. The number of aryl methyl sites for hydroxylation is 1. The standard InChI is InChI=1S/C16H29N3S/c1-11-7-8-19(10-12(11)2)15-18-13(3)14(20-15)9-17-16(4,5)6/h11-12,17H,7-10H2,1-6H3. The number of aromatic nitrogens is 1. The van der Waals surface area contributed by atoms with Gasteiger partial charge in [-0.05, 0) is 46.0 Å². The number of nitrogens with one attached hydrogen (secondary N) is 1. The van der Waals surface area contributed by atoms with E-state index < -0.39 is 0 Å². The van der Waals surface area contributed by atoms with Crippen molar-refractivity contribution in [1.29, 1.82) is 0 Å². The molecule has 1 aromatic rings. The molecule has 0 amide bonds. The van der Waals surface area contributed by atoms with Gasteiger partial charge in [0.2, 0.25) is 0 Å². The summed E-state index contributed by atoms with van der Waals surface area (Å²) in [7, 11) is 0. The number of rotatable bonds is 3. The van der Waals surface area contributed by atoms with Crippen molar-refractivity contribution in [3.8, 4) is 0 Å². The second-order valence-electron chi connectivity index (χ2n) is 7.30. The maximum absolute atomic E-state index is 4.80. The van der Waals surface area contributed by atoms with Gasteiger partial charge in [0.1, 0.15) is 0 Å². The Morgan fingerprint density at radius 1 is 1.30 bits per heavy atom. The number of nitrogens with zero attached hydrogens (tertiary/aromatic N) is 2. The SMILES string of the molecule is Cc1nc(N2CCC(C)C(C)C2)sc1CNC(C)(C)C. The van der Waals surface area contributed by atoms with E-state index in [4.69, 9.17) is 4.98 Å². The topological polar surface area (TPSA) is 28.2 Å². The molecule has 1 N–H and O–H groups in total. The van der Waals surface area contributed by atoms with E-state index >= 15 is 0 Å². The molecule has 0 saturated carbocycles. The van der Waals surface area contributed by atoms with Crippen molar-refractivity contribution >= 4 is 16.5 Å². The average Bonchev–Trinajstić information content (AvgIpc) is 2.71. The molecule has 0 spiro atoms. The molecular weight excluding hydrogens is 266 g/mol. The zero-order valence-electron chi connectivity index (χ0n) is 13.8. The highest BCUT2D eigenvalue weighted by Gasteiger charge is 2.25. The molecule has 1 aromatic heterocycles. The zero-order chi connectivity index (χ0) is 14.9. The van der Waals surface area contributed by atoms with Gasteiger partial charge < -0.3 is 10.2 Å². The van der Waals surface area contributed by atoms with Crippen molar-refractivity contribution < 1.29 is 0 Å². The lowest BCUT2D eigenvalue weighted by Gasteiger charge is -2.35. The molecule has 0 bridgehead atoms. The molecule has 1 aliphatic rings. The number of piperidine rings is 1. The minimum atomic E-state index is 0.158. The van der Waals surface area contributed by atoms with E-state index in [-0.39, 0.29) is 5.54 Å². The van der Waals surface area contributed by atoms with Gasteiger partial charge >= 0.3 is 0 Å². The van der Waals surface area contributed by atoms with Gasteiger partial charge in [-0.3, -0.25) is 0 Å². The van der Waals surface area contributed by atoms with Crippen LogP contribution in [0.1, 0.15) is 51.6 Å². The molecule has 3 nitrogen and oxygen atoms in total. The van der Waals surface area contributed by atoms with Gasteiger partial charge in [-0.1, -0.05) is 13.8 Å².